The van der Waals surface area contributed by atoms with Crippen LogP contribution in [-0.2, 0) is 16.1 Å². The summed E-state index contributed by atoms with van der Waals surface area (Å²) in [5.41, 5.74) is 1.22. The fourth-order valence-corrected chi connectivity index (χ4v) is 4.40. The summed E-state index contributed by atoms with van der Waals surface area (Å²) >= 11 is 0. The van der Waals surface area contributed by atoms with E-state index in [9.17, 15) is 14.4 Å². The summed E-state index contributed by atoms with van der Waals surface area (Å²) in [7, 11) is 0. The highest BCUT2D eigenvalue weighted by atomic mass is 16.2. The van der Waals surface area contributed by atoms with Crippen LogP contribution in [0.25, 0.3) is 10.9 Å². The number of rotatable bonds is 10. The van der Waals surface area contributed by atoms with Gasteiger partial charge in [-0.25, -0.2) is 0 Å². The summed E-state index contributed by atoms with van der Waals surface area (Å²) in [6, 6.07) is 7.56. The molecule has 1 saturated heterocycles. The van der Waals surface area contributed by atoms with Crippen molar-refractivity contribution in [2.45, 2.75) is 71.8 Å². The number of carbonyl (C=O) groups excluding carboxylic acids is 3. The first-order chi connectivity index (χ1) is 15.6. The molecule has 174 valence electrons. The van der Waals surface area contributed by atoms with Gasteiger partial charge in [0.05, 0.1) is 5.56 Å². The van der Waals surface area contributed by atoms with E-state index in [1.165, 1.54) is 12.8 Å². The van der Waals surface area contributed by atoms with Crippen molar-refractivity contribution in [3.8, 4) is 0 Å². The van der Waals surface area contributed by atoms with Crippen LogP contribution in [0.3, 0.4) is 0 Å². The van der Waals surface area contributed by atoms with Crippen LogP contribution in [-0.4, -0.2) is 58.1 Å². The van der Waals surface area contributed by atoms with Crippen LogP contribution in [0.1, 0.15) is 75.6 Å². The molecule has 1 aromatic carbocycles. The molecular weight excluding hydrogens is 402 g/mol. The minimum Gasteiger partial charge on any atom is -0.341 e. The quantitative estimate of drug-likeness (QED) is 0.400. The first-order valence-electron chi connectivity index (χ1n) is 12.3. The highest BCUT2D eigenvalue weighted by molar-refractivity contribution is 6.44. The van der Waals surface area contributed by atoms with Gasteiger partial charge in [-0.2, -0.15) is 0 Å². The number of likely N-dealkylation sites (tertiary alicyclic amines) is 1. The second kappa shape index (κ2) is 11.8. The molecule has 1 aliphatic rings. The van der Waals surface area contributed by atoms with Gasteiger partial charge in [-0.15, -0.1) is 0 Å². The number of fused-ring (bicyclic) bond motifs is 1. The molecule has 2 aromatic rings. The molecule has 6 heteroatoms. The Kier molecular flexibility index (Phi) is 8.89. The van der Waals surface area contributed by atoms with Gasteiger partial charge in [0.1, 0.15) is 6.54 Å². The van der Waals surface area contributed by atoms with E-state index in [4.69, 9.17) is 0 Å². The Morgan fingerprint density at radius 3 is 2.16 bits per heavy atom. The lowest BCUT2D eigenvalue weighted by molar-refractivity contribution is -0.131. The third-order valence-electron chi connectivity index (χ3n) is 6.34. The molecule has 2 heterocycles. The van der Waals surface area contributed by atoms with Gasteiger partial charge in [0.2, 0.25) is 5.91 Å². The Balaban J connectivity index is 1.84. The van der Waals surface area contributed by atoms with Gasteiger partial charge in [-0.3, -0.25) is 14.4 Å². The summed E-state index contributed by atoms with van der Waals surface area (Å²) in [5.74, 6) is -0.839. The van der Waals surface area contributed by atoms with Crippen molar-refractivity contribution in [1.29, 1.82) is 0 Å². The average molecular weight is 440 g/mol. The Bertz CT molecular complexity index is 918. The second-order valence-electron chi connectivity index (χ2n) is 8.81. The lowest BCUT2D eigenvalue weighted by Crippen LogP contribution is -2.38. The SMILES string of the molecule is CCCCN(CCCC)C(=O)C(=O)c1cn(CC(=O)N2CCCCCC2)c2ccccc12. The smallest absolute Gasteiger partial charge is 0.295 e. The second-order valence-corrected chi connectivity index (χ2v) is 8.81. The lowest BCUT2D eigenvalue weighted by atomic mass is 10.1. The van der Waals surface area contributed by atoms with E-state index in [1.54, 1.807) is 11.1 Å². The largest absolute Gasteiger partial charge is 0.341 e. The summed E-state index contributed by atoms with van der Waals surface area (Å²) in [4.78, 5) is 43.0. The van der Waals surface area contributed by atoms with Gasteiger partial charge in [0, 0.05) is 43.3 Å². The Hall–Kier alpha value is -2.63. The highest BCUT2D eigenvalue weighted by Crippen LogP contribution is 2.23. The van der Waals surface area contributed by atoms with Crippen molar-refractivity contribution in [3.63, 3.8) is 0 Å². The van der Waals surface area contributed by atoms with Gasteiger partial charge < -0.3 is 14.4 Å². The molecule has 32 heavy (non-hydrogen) atoms. The van der Waals surface area contributed by atoms with Crippen molar-refractivity contribution in [3.05, 3.63) is 36.0 Å². The van der Waals surface area contributed by atoms with Crippen LogP contribution >= 0.6 is 0 Å². The van der Waals surface area contributed by atoms with Crippen molar-refractivity contribution < 1.29 is 14.4 Å². The van der Waals surface area contributed by atoms with Crippen LogP contribution in [0.2, 0.25) is 0 Å². The van der Waals surface area contributed by atoms with E-state index in [0.29, 0.717) is 18.7 Å². The molecule has 0 saturated carbocycles. The predicted octanol–water partition coefficient (Wildman–Crippen LogP) is 4.66. The summed E-state index contributed by atoms with van der Waals surface area (Å²) in [5, 5.41) is 0.737. The maximum Gasteiger partial charge on any atom is 0.295 e. The number of aromatic nitrogens is 1. The standard InChI is InChI=1S/C26H37N3O3/c1-3-5-15-28(16-6-4-2)26(32)25(31)22-19-29(23-14-10-9-13-21(22)23)20-24(30)27-17-11-7-8-12-18-27/h9-10,13-14,19H,3-8,11-12,15-18,20H2,1-2H3. The van der Waals surface area contributed by atoms with Crippen LogP contribution in [0.5, 0.6) is 0 Å². The fraction of sp³-hybridized carbons (Fsp3) is 0.577. The fourth-order valence-electron chi connectivity index (χ4n) is 4.40. The van der Waals surface area contributed by atoms with Gasteiger partial charge in [-0.05, 0) is 31.7 Å². The maximum absolute atomic E-state index is 13.3. The zero-order valence-electron chi connectivity index (χ0n) is 19.6. The van der Waals surface area contributed by atoms with Crippen LogP contribution in [0.15, 0.2) is 30.5 Å². The van der Waals surface area contributed by atoms with E-state index < -0.39 is 11.7 Å². The number of unbranched alkanes of at least 4 members (excludes halogenated alkanes) is 2. The summed E-state index contributed by atoms with van der Waals surface area (Å²) < 4.78 is 1.84. The van der Waals surface area contributed by atoms with Gasteiger partial charge >= 0.3 is 0 Å². The maximum atomic E-state index is 13.3. The Morgan fingerprint density at radius 1 is 0.906 bits per heavy atom. The first-order valence-corrected chi connectivity index (χ1v) is 12.3. The van der Waals surface area contributed by atoms with Crippen molar-refractivity contribution in [2.24, 2.45) is 0 Å². The highest BCUT2D eigenvalue weighted by Gasteiger charge is 2.26. The lowest BCUT2D eigenvalue weighted by Gasteiger charge is -2.21. The van der Waals surface area contributed by atoms with Gasteiger partial charge in [0.15, 0.2) is 0 Å². The van der Waals surface area contributed by atoms with Gasteiger partial charge in [-0.1, -0.05) is 57.7 Å². The number of ketones is 1. The van der Waals surface area contributed by atoms with Crippen LogP contribution < -0.4 is 0 Å². The average Bonchev–Trinajstić information content (AvgIpc) is 2.98. The topological polar surface area (TPSA) is 62.6 Å². The monoisotopic (exact) mass is 439 g/mol. The molecule has 2 amide bonds. The van der Waals surface area contributed by atoms with E-state index in [0.717, 1.165) is 62.5 Å². The molecule has 6 nitrogen and oxygen atoms in total. The molecular formula is C26H37N3O3. The third-order valence-corrected chi connectivity index (χ3v) is 6.34. The van der Waals surface area contributed by atoms with E-state index >= 15 is 0 Å². The number of Topliss-reactive ketones (excluding diaryl/α,β-unsaturated/α-hetero) is 1. The van der Waals surface area contributed by atoms with Gasteiger partial charge in [0.25, 0.3) is 11.7 Å². The predicted molar refractivity (Wildman–Crippen MR) is 128 cm³/mol. The zero-order valence-corrected chi connectivity index (χ0v) is 19.6. The molecule has 0 unspecified atom stereocenters. The van der Waals surface area contributed by atoms with E-state index in [-0.39, 0.29) is 12.5 Å². The van der Waals surface area contributed by atoms with E-state index in [2.05, 4.69) is 13.8 Å². The number of nitrogens with zero attached hydrogens (tertiary/aromatic N) is 3. The number of amides is 2. The number of hydrogen-bond acceptors (Lipinski definition) is 3. The van der Waals surface area contributed by atoms with Crippen LogP contribution in [0, 0.1) is 0 Å². The molecule has 1 aliphatic heterocycles. The number of para-hydroxylation sites is 1. The van der Waals surface area contributed by atoms with Crippen molar-refractivity contribution >= 4 is 28.5 Å². The molecule has 1 fully saturated rings. The molecule has 0 atom stereocenters. The number of carbonyl (C=O) groups is 3. The van der Waals surface area contributed by atoms with Crippen molar-refractivity contribution in [2.75, 3.05) is 26.2 Å². The first kappa shape index (κ1) is 24.0. The molecule has 3 rings (SSSR count). The Labute approximate surface area is 191 Å². The number of benzene rings is 1. The Morgan fingerprint density at radius 2 is 1.53 bits per heavy atom. The molecule has 0 bridgehead atoms. The minimum atomic E-state index is -0.477. The minimum absolute atomic E-state index is 0.0745. The molecule has 0 radical (unpaired) electrons. The normalized spacial score (nSPS) is 14.4. The van der Waals surface area contributed by atoms with Crippen molar-refractivity contribution in [1.82, 2.24) is 14.4 Å². The molecule has 0 spiro atoms. The van der Waals surface area contributed by atoms with Crippen LogP contribution in [0.4, 0.5) is 0 Å². The summed E-state index contributed by atoms with van der Waals surface area (Å²) in [6.07, 6.45) is 9.85. The van der Waals surface area contributed by atoms with E-state index in [1.807, 2.05) is 33.7 Å². The number of hydrogen-bond donors (Lipinski definition) is 0. The molecule has 0 N–H and O–H groups in total. The summed E-state index contributed by atoms with van der Waals surface area (Å²) in [6.45, 7) is 7.16. The molecule has 1 aromatic heterocycles. The molecule has 0 aliphatic carbocycles. The third kappa shape index (κ3) is 5.78. The zero-order chi connectivity index (χ0) is 22.9.